The number of rotatable bonds is 6. The van der Waals surface area contributed by atoms with Crippen molar-refractivity contribution in [2.75, 3.05) is 17.2 Å². The topological polar surface area (TPSA) is 65.6 Å². The maximum atomic E-state index is 4.62. The molecule has 0 radical (unpaired) electrons. The lowest BCUT2D eigenvalue weighted by Gasteiger charge is -2.11. The first-order chi connectivity index (χ1) is 13.6. The number of aromatic amines is 1. The Labute approximate surface area is 165 Å². The summed E-state index contributed by atoms with van der Waals surface area (Å²) < 4.78 is 0. The summed E-state index contributed by atoms with van der Waals surface area (Å²) in [6.07, 6.45) is 2.98. The Morgan fingerprint density at radius 1 is 0.929 bits per heavy atom. The van der Waals surface area contributed by atoms with E-state index < -0.39 is 0 Å². The molecule has 2 aromatic carbocycles. The molecule has 5 heteroatoms. The number of aryl methyl sites for hydroxylation is 3. The quantitative estimate of drug-likeness (QED) is 0.431. The van der Waals surface area contributed by atoms with Gasteiger partial charge < -0.3 is 15.6 Å². The molecule has 5 nitrogen and oxygen atoms in total. The summed E-state index contributed by atoms with van der Waals surface area (Å²) in [6.45, 7) is 6.99. The molecule has 0 aliphatic rings. The molecule has 0 spiro atoms. The molecule has 2 heterocycles. The Balaban J connectivity index is 1.44. The number of nitrogens with zero attached hydrogens (tertiary/aromatic N) is 2. The summed E-state index contributed by atoms with van der Waals surface area (Å²) in [6, 6.07) is 16.6. The van der Waals surface area contributed by atoms with Crippen LogP contribution in [0.2, 0.25) is 0 Å². The van der Waals surface area contributed by atoms with Crippen molar-refractivity contribution >= 4 is 28.4 Å². The lowest BCUT2D eigenvalue weighted by Crippen LogP contribution is -2.09. The zero-order valence-electron chi connectivity index (χ0n) is 16.5. The van der Waals surface area contributed by atoms with Crippen molar-refractivity contribution < 1.29 is 0 Å². The minimum atomic E-state index is 0.645. The number of para-hydroxylation sites is 1. The van der Waals surface area contributed by atoms with Gasteiger partial charge in [0.2, 0.25) is 5.95 Å². The van der Waals surface area contributed by atoms with Crippen LogP contribution in [0.5, 0.6) is 0 Å². The van der Waals surface area contributed by atoms with Crippen LogP contribution in [0, 0.1) is 20.8 Å². The molecular weight excluding hydrogens is 346 g/mol. The van der Waals surface area contributed by atoms with E-state index >= 15 is 0 Å². The monoisotopic (exact) mass is 371 g/mol. The van der Waals surface area contributed by atoms with Crippen LogP contribution in [0.15, 0.2) is 54.7 Å². The van der Waals surface area contributed by atoms with Crippen molar-refractivity contribution in [1.82, 2.24) is 15.0 Å². The summed E-state index contributed by atoms with van der Waals surface area (Å²) in [5, 5.41) is 8.01. The summed E-state index contributed by atoms with van der Waals surface area (Å²) in [4.78, 5) is 12.5. The smallest absolute Gasteiger partial charge is 0.224 e. The molecule has 4 aromatic rings. The SMILES string of the molecule is Cc1cc(Nc2ccc(C)c(C)c2)nc(NCCc2c[nH]c3ccccc23)n1. The van der Waals surface area contributed by atoms with Gasteiger partial charge in [-0.2, -0.15) is 4.98 Å². The normalized spacial score (nSPS) is 11.0. The Morgan fingerprint density at radius 3 is 2.64 bits per heavy atom. The van der Waals surface area contributed by atoms with Crippen molar-refractivity contribution in [2.45, 2.75) is 27.2 Å². The van der Waals surface area contributed by atoms with Crippen LogP contribution in [-0.2, 0) is 6.42 Å². The molecule has 28 heavy (non-hydrogen) atoms. The number of hydrogen-bond donors (Lipinski definition) is 3. The molecule has 3 N–H and O–H groups in total. The van der Waals surface area contributed by atoms with Gasteiger partial charge >= 0.3 is 0 Å². The number of hydrogen-bond acceptors (Lipinski definition) is 4. The van der Waals surface area contributed by atoms with Crippen LogP contribution in [-0.4, -0.2) is 21.5 Å². The van der Waals surface area contributed by atoms with Crippen LogP contribution in [0.25, 0.3) is 10.9 Å². The first kappa shape index (κ1) is 18.0. The number of benzene rings is 2. The maximum Gasteiger partial charge on any atom is 0.224 e. The molecule has 0 amide bonds. The molecule has 0 saturated heterocycles. The zero-order valence-corrected chi connectivity index (χ0v) is 16.5. The lowest BCUT2D eigenvalue weighted by atomic mass is 10.1. The molecule has 0 atom stereocenters. The zero-order chi connectivity index (χ0) is 19.5. The molecule has 0 saturated carbocycles. The van der Waals surface area contributed by atoms with Gasteiger partial charge in [0.05, 0.1) is 0 Å². The van der Waals surface area contributed by atoms with Gasteiger partial charge in [-0.25, -0.2) is 4.98 Å². The summed E-state index contributed by atoms with van der Waals surface area (Å²) >= 11 is 0. The Morgan fingerprint density at radius 2 is 1.79 bits per heavy atom. The highest BCUT2D eigenvalue weighted by atomic mass is 15.1. The van der Waals surface area contributed by atoms with Crippen LogP contribution < -0.4 is 10.6 Å². The van der Waals surface area contributed by atoms with E-state index in [0.717, 1.165) is 30.2 Å². The van der Waals surface area contributed by atoms with Crippen molar-refractivity contribution in [3.63, 3.8) is 0 Å². The van der Waals surface area contributed by atoms with E-state index in [2.05, 4.69) is 82.0 Å². The second-order valence-corrected chi connectivity index (χ2v) is 7.18. The van der Waals surface area contributed by atoms with Crippen LogP contribution in [0.4, 0.5) is 17.5 Å². The van der Waals surface area contributed by atoms with E-state index in [0.29, 0.717) is 5.95 Å². The van der Waals surface area contributed by atoms with E-state index in [1.807, 2.05) is 19.1 Å². The van der Waals surface area contributed by atoms with Gasteiger partial charge in [-0.1, -0.05) is 24.3 Å². The van der Waals surface area contributed by atoms with Crippen molar-refractivity contribution in [3.8, 4) is 0 Å². The third-order valence-electron chi connectivity index (χ3n) is 4.99. The second kappa shape index (κ2) is 7.72. The number of anilines is 3. The van der Waals surface area contributed by atoms with E-state index in [1.54, 1.807) is 0 Å². The van der Waals surface area contributed by atoms with Gasteiger partial charge in [-0.15, -0.1) is 0 Å². The van der Waals surface area contributed by atoms with Gasteiger partial charge in [0.1, 0.15) is 5.82 Å². The fourth-order valence-corrected chi connectivity index (χ4v) is 3.33. The fourth-order valence-electron chi connectivity index (χ4n) is 3.33. The Kier molecular flexibility index (Phi) is 4.98. The number of H-pyrrole nitrogens is 1. The fraction of sp³-hybridized carbons (Fsp3) is 0.217. The molecule has 4 rings (SSSR count). The average Bonchev–Trinajstić information content (AvgIpc) is 3.08. The molecule has 0 unspecified atom stereocenters. The van der Waals surface area contributed by atoms with Gasteiger partial charge in [-0.3, -0.25) is 0 Å². The number of fused-ring (bicyclic) bond motifs is 1. The van der Waals surface area contributed by atoms with Gasteiger partial charge in [0.15, 0.2) is 0 Å². The molecule has 2 aromatic heterocycles. The predicted octanol–water partition coefficient (Wildman–Crippen LogP) is 5.28. The summed E-state index contributed by atoms with van der Waals surface area (Å²) in [5.41, 5.74) is 6.96. The largest absolute Gasteiger partial charge is 0.361 e. The van der Waals surface area contributed by atoms with Gasteiger partial charge in [0, 0.05) is 41.1 Å². The van der Waals surface area contributed by atoms with Crippen LogP contribution >= 0.6 is 0 Å². The summed E-state index contributed by atoms with van der Waals surface area (Å²) in [5.74, 6) is 1.44. The first-order valence-electron chi connectivity index (χ1n) is 9.57. The van der Waals surface area contributed by atoms with E-state index in [-0.39, 0.29) is 0 Å². The molecular formula is C23H25N5. The molecule has 0 aliphatic carbocycles. The average molecular weight is 371 g/mol. The third kappa shape index (κ3) is 3.98. The highest BCUT2D eigenvalue weighted by Gasteiger charge is 2.06. The number of nitrogens with one attached hydrogen (secondary N) is 3. The molecule has 0 fully saturated rings. The highest BCUT2D eigenvalue weighted by molar-refractivity contribution is 5.83. The van der Waals surface area contributed by atoms with Gasteiger partial charge in [0.25, 0.3) is 0 Å². The standard InChI is InChI=1S/C23H25N5/c1-15-8-9-19(12-16(15)2)27-22-13-17(3)26-23(28-22)24-11-10-18-14-25-21-7-5-4-6-20(18)21/h4-9,12-14,25H,10-11H2,1-3H3,(H2,24,26,27,28). The minimum absolute atomic E-state index is 0.645. The van der Waals surface area contributed by atoms with Crippen molar-refractivity contribution in [1.29, 1.82) is 0 Å². The van der Waals surface area contributed by atoms with E-state index in [4.69, 9.17) is 0 Å². The van der Waals surface area contributed by atoms with E-state index in [9.17, 15) is 0 Å². The predicted molar refractivity (Wildman–Crippen MR) is 116 cm³/mol. The van der Waals surface area contributed by atoms with Crippen molar-refractivity contribution in [2.24, 2.45) is 0 Å². The number of aromatic nitrogens is 3. The lowest BCUT2D eigenvalue weighted by molar-refractivity contribution is 0.981. The Hall–Kier alpha value is -3.34. The highest BCUT2D eigenvalue weighted by Crippen LogP contribution is 2.20. The van der Waals surface area contributed by atoms with Crippen LogP contribution in [0.1, 0.15) is 22.4 Å². The molecule has 0 bridgehead atoms. The Bertz CT molecular complexity index is 1110. The first-order valence-corrected chi connectivity index (χ1v) is 9.57. The third-order valence-corrected chi connectivity index (χ3v) is 4.99. The second-order valence-electron chi connectivity index (χ2n) is 7.18. The molecule has 142 valence electrons. The maximum absolute atomic E-state index is 4.62. The van der Waals surface area contributed by atoms with E-state index in [1.165, 1.54) is 27.6 Å². The van der Waals surface area contributed by atoms with Crippen LogP contribution in [0.3, 0.4) is 0 Å². The summed E-state index contributed by atoms with van der Waals surface area (Å²) in [7, 11) is 0. The van der Waals surface area contributed by atoms with Crippen molar-refractivity contribution in [3.05, 3.63) is 77.1 Å². The molecule has 0 aliphatic heterocycles. The van der Waals surface area contributed by atoms with Gasteiger partial charge in [-0.05, 0) is 62.1 Å². The minimum Gasteiger partial charge on any atom is -0.361 e.